The van der Waals surface area contributed by atoms with Crippen LogP contribution in [0.15, 0.2) is 24.3 Å². The molecule has 0 radical (unpaired) electrons. The van der Waals surface area contributed by atoms with Gasteiger partial charge in [0, 0.05) is 11.8 Å². The molecule has 0 unspecified atom stereocenters. The lowest BCUT2D eigenvalue weighted by atomic mass is 9.90. The van der Waals surface area contributed by atoms with Crippen LogP contribution in [0, 0.1) is 16.7 Å². The van der Waals surface area contributed by atoms with E-state index in [1.165, 1.54) is 0 Å². The first-order chi connectivity index (χ1) is 9.93. The topological polar surface area (TPSA) is 85.3 Å². The zero-order valence-electron chi connectivity index (χ0n) is 12.6. The number of ether oxygens (including phenoxy) is 2. The smallest absolute Gasteiger partial charge is 0.309 e. The molecule has 1 rings (SSSR count). The zero-order valence-corrected chi connectivity index (χ0v) is 12.6. The van der Waals surface area contributed by atoms with Gasteiger partial charge in [-0.15, -0.1) is 0 Å². The molecule has 0 aliphatic carbocycles. The second-order valence-electron chi connectivity index (χ2n) is 5.49. The lowest BCUT2D eigenvalue weighted by Crippen LogP contribution is -2.13. The first kappa shape index (κ1) is 16.8. The fourth-order valence-electron chi connectivity index (χ4n) is 1.68. The van der Waals surface area contributed by atoms with Crippen molar-refractivity contribution >= 4 is 11.7 Å². The van der Waals surface area contributed by atoms with Gasteiger partial charge < -0.3 is 15.2 Å². The monoisotopic (exact) mass is 290 g/mol. The van der Waals surface area contributed by atoms with Gasteiger partial charge in [0.2, 0.25) is 0 Å². The van der Waals surface area contributed by atoms with Crippen LogP contribution < -0.4 is 10.5 Å². The summed E-state index contributed by atoms with van der Waals surface area (Å²) in [5, 5.41) is 8.86. The number of carbonyl (C=O) groups is 1. The van der Waals surface area contributed by atoms with Crippen molar-refractivity contribution < 1.29 is 14.3 Å². The highest BCUT2D eigenvalue weighted by Crippen LogP contribution is 2.20. The molecular weight excluding hydrogens is 268 g/mol. The molecule has 0 heterocycles. The zero-order chi connectivity index (χ0) is 15.7. The van der Waals surface area contributed by atoms with Gasteiger partial charge >= 0.3 is 5.97 Å². The Bertz CT molecular complexity index is 506. The maximum atomic E-state index is 11.5. The quantitative estimate of drug-likeness (QED) is 0.452. The van der Waals surface area contributed by atoms with E-state index in [1.54, 1.807) is 24.3 Å². The maximum Gasteiger partial charge on any atom is 0.309 e. The molecule has 0 aromatic heterocycles. The molecule has 0 spiro atoms. The molecule has 0 bridgehead atoms. The van der Waals surface area contributed by atoms with E-state index in [1.807, 2.05) is 13.8 Å². The Hall–Kier alpha value is -2.22. The number of nitriles is 1. The van der Waals surface area contributed by atoms with Gasteiger partial charge in [0.1, 0.15) is 5.75 Å². The summed E-state index contributed by atoms with van der Waals surface area (Å²) >= 11 is 0. The molecule has 1 aromatic rings. The SMILES string of the molecule is CC(C)(C#N)CCCOC(=O)CCOc1cccc(N)c1. The van der Waals surface area contributed by atoms with Crippen LogP contribution in [-0.4, -0.2) is 19.2 Å². The van der Waals surface area contributed by atoms with E-state index in [0.717, 1.165) is 0 Å². The third-order valence-electron chi connectivity index (χ3n) is 2.94. The summed E-state index contributed by atoms with van der Waals surface area (Å²) in [6.07, 6.45) is 1.58. The highest BCUT2D eigenvalue weighted by Gasteiger charge is 2.16. The van der Waals surface area contributed by atoms with Gasteiger partial charge in [-0.2, -0.15) is 5.26 Å². The molecule has 0 amide bonds. The van der Waals surface area contributed by atoms with E-state index >= 15 is 0 Å². The van der Waals surface area contributed by atoms with Gasteiger partial charge in [-0.05, 0) is 38.8 Å². The third-order valence-corrected chi connectivity index (χ3v) is 2.94. The van der Waals surface area contributed by atoms with Crippen LogP contribution in [0.5, 0.6) is 5.75 Å². The summed E-state index contributed by atoms with van der Waals surface area (Å²) in [6.45, 7) is 4.33. The fourth-order valence-corrected chi connectivity index (χ4v) is 1.68. The highest BCUT2D eigenvalue weighted by atomic mass is 16.5. The maximum absolute atomic E-state index is 11.5. The van der Waals surface area contributed by atoms with Crippen molar-refractivity contribution in [2.24, 2.45) is 5.41 Å². The number of nitrogens with two attached hydrogens (primary N) is 1. The number of rotatable bonds is 8. The van der Waals surface area contributed by atoms with E-state index < -0.39 is 0 Å². The molecule has 0 saturated carbocycles. The van der Waals surface area contributed by atoms with Crippen LogP contribution >= 0.6 is 0 Å². The molecule has 114 valence electrons. The predicted octanol–water partition coefficient (Wildman–Crippen LogP) is 2.91. The Morgan fingerprint density at radius 2 is 2.14 bits per heavy atom. The van der Waals surface area contributed by atoms with Gasteiger partial charge in [0.05, 0.1) is 31.1 Å². The molecule has 0 aliphatic heterocycles. The van der Waals surface area contributed by atoms with E-state index in [-0.39, 0.29) is 24.4 Å². The van der Waals surface area contributed by atoms with Crippen molar-refractivity contribution in [2.45, 2.75) is 33.1 Å². The second kappa shape index (κ2) is 8.15. The minimum atomic E-state index is -0.372. The van der Waals surface area contributed by atoms with Crippen molar-refractivity contribution in [3.05, 3.63) is 24.3 Å². The first-order valence-electron chi connectivity index (χ1n) is 6.98. The number of esters is 1. The molecule has 0 fully saturated rings. The Kier molecular flexibility index (Phi) is 6.54. The van der Waals surface area contributed by atoms with Gasteiger partial charge in [0.15, 0.2) is 0 Å². The summed E-state index contributed by atoms with van der Waals surface area (Å²) in [5.41, 5.74) is 5.87. The number of anilines is 1. The Morgan fingerprint density at radius 1 is 1.38 bits per heavy atom. The van der Waals surface area contributed by atoms with E-state index in [2.05, 4.69) is 6.07 Å². The molecule has 2 N–H and O–H groups in total. The molecule has 0 aliphatic rings. The number of hydrogen-bond donors (Lipinski definition) is 1. The van der Waals surface area contributed by atoms with Crippen molar-refractivity contribution in [1.82, 2.24) is 0 Å². The van der Waals surface area contributed by atoms with Crippen LogP contribution in [0.25, 0.3) is 0 Å². The summed E-state index contributed by atoms with van der Waals surface area (Å²) in [7, 11) is 0. The van der Waals surface area contributed by atoms with Gasteiger partial charge in [-0.25, -0.2) is 0 Å². The standard InChI is InChI=1S/C16H22N2O3/c1-16(2,12-17)8-4-9-21-15(19)7-10-20-14-6-3-5-13(18)11-14/h3,5-6,11H,4,7-10,18H2,1-2H3. The Morgan fingerprint density at radius 3 is 2.81 bits per heavy atom. The molecule has 1 aromatic carbocycles. The average Bonchev–Trinajstić information content (AvgIpc) is 2.44. The van der Waals surface area contributed by atoms with Gasteiger partial charge in [-0.1, -0.05) is 6.07 Å². The largest absolute Gasteiger partial charge is 0.493 e. The van der Waals surface area contributed by atoms with Crippen molar-refractivity contribution in [1.29, 1.82) is 5.26 Å². The van der Waals surface area contributed by atoms with Crippen LogP contribution in [0.3, 0.4) is 0 Å². The highest BCUT2D eigenvalue weighted by molar-refractivity contribution is 5.69. The van der Waals surface area contributed by atoms with E-state index in [0.29, 0.717) is 30.9 Å². The van der Waals surface area contributed by atoms with Crippen LogP contribution in [0.4, 0.5) is 5.69 Å². The summed E-state index contributed by atoms with van der Waals surface area (Å²) in [6, 6.07) is 9.26. The van der Waals surface area contributed by atoms with Crippen LogP contribution in [-0.2, 0) is 9.53 Å². The minimum absolute atomic E-state index is 0.191. The molecule has 5 heteroatoms. The van der Waals surface area contributed by atoms with Crippen LogP contribution in [0.1, 0.15) is 33.1 Å². The van der Waals surface area contributed by atoms with Gasteiger partial charge in [-0.3, -0.25) is 4.79 Å². The minimum Gasteiger partial charge on any atom is -0.493 e. The van der Waals surface area contributed by atoms with Crippen molar-refractivity contribution in [2.75, 3.05) is 18.9 Å². The first-order valence-corrected chi connectivity index (χ1v) is 6.98. The third kappa shape index (κ3) is 7.21. The number of benzene rings is 1. The molecule has 5 nitrogen and oxygen atoms in total. The molecular formula is C16H22N2O3. The van der Waals surface area contributed by atoms with Gasteiger partial charge in [0.25, 0.3) is 0 Å². The molecule has 21 heavy (non-hydrogen) atoms. The average molecular weight is 290 g/mol. The summed E-state index contributed by atoms with van der Waals surface area (Å²) < 4.78 is 10.5. The normalized spacial score (nSPS) is 10.7. The summed E-state index contributed by atoms with van der Waals surface area (Å²) in [4.78, 5) is 11.5. The number of nitrogens with zero attached hydrogens (tertiary/aromatic N) is 1. The predicted molar refractivity (Wildman–Crippen MR) is 80.6 cm³/mol. The Labute approximate surface area is 125 Å². The van der Waals surface area contributed by atoms with E-state index in [4.69, 9.17) is 20.5 Å². The number of hydrogen-bond acceptors (Lipinski definition) is 5. The summed E-state index contributed by atoms with van der Waals surface area (Å²) in [5.74, 6) is 0.340. The Balaban J connectivity index is 2.13. The molecule has 0 saturated heterocycles. The lowest BCUT2D eigenvalue weighted by molar-refractivity contribution is -0.144. The van der Waals surface area contributed by atoms with Crippen LogP contribution in [0.2, 0.25) is 0 Å². The lowest BCUT2D eigenvalue weighted by Gasteiger charge is -2.14. The molecule has 0 atom stereocenters. The van der Waals surface area contributed by atoms with Crippen molar-refractivity contribution in [3.63, 3.8) is 0 Å². The van der Waals surface area contributed by atoms with Crippen molar-refractivity contribution in [3.8, 4) is 11.8 Å². The number of nitrogen functional groups attached to an aromatic ring is 1. The van der Waals surface area contributed by atoms with E-state index in [9.17, 15) is 4.79 Å². The second-order valence-corrected chi connectivity index (χ2v) is 5.49. The number of carbonyl (C=O) groups excluding carboxylic acids is 1. The fraction of sp³-hybridized carbons (Fsp3) is 0.500.